The molecular weight excluding hydrogens is 430 g/mol. The number of nitrogens with one attached hydrogen (secondary N) is 1. The average Bonchev–Trinajstić information content (AvgIpc) is 3.12. The first-order chi connectivity index (χ1) is 15.0. The molecule has 1 atom stereocenters. The van der Waals surface area contributed by atoms with E-state index in [1.54, 1.807) is 41.2 Å². The van der Waals surface area contributed by atoms with Gasteiger partial charge < -0.3 is 10.1 Å². The molecule has 2 heterocycles. The topological polar surface area (TPSA) is 73.2 Å². The van der Waals surface area contributed by atoms with E-state index in [2.05, 4.69) is 18.8 Å². The summed E-state index contributed by atoms with van der Waals surface area (Å²) >= 11 is 2.88. The second-order valence-corrected chi connectivity index (χ2v) is 9.69. The Labute approximate surface area is 189 Å². The molecule has 0 fully saturated rings. The first kappa shape index (κ1) is 21.6. The maximum atomic E-state index is 13.3. The van der Waals surface area contributed by atoms with Gasteiger partial charge in [-0.3, -0.25) is 14.2 Å². The molecule has 0 saturated heterocycles. The normalized spacial score (nSPS) is 15.5. The fraction of sp³-hybridized carbons (Fsp3) is 0.348. The first-order valence-corrected chi connectivity index (χ1v) is 12.0. The summed E-state index contributed by atoms with van der Waals surface area (Å²) in [6.45, 7) is 6.39. The van der Waals surface area contributed by atoms with Gasteiger partial charge in [-0.05, 0) is 42.9 Å². The third kappa shape index (κ3) is 4.41. The SMILES string of the molecule is C=CCn1c(SCC(=O)Nc2ccccc2OC)nc2sc3c(c2c1=O)CCC(C)C3. The minimum Gasteiger partial charge on any atom is -0.495 e. The number of nitrogens with zero attached hydrogens (tertiary/aromatic N) is 2. The lowest BCUT2D eigenvalue weighted by Crippen LogP contribution is -2.24. The van der Waals surface area contributed by atoms with Crippen molar-refractivity contribution in [2.45, 2.75) is 37.9 Å². The van der Waals surface area contributed by atoms with Crippen molar-refractivity contribution in [1.82, 2.24) is 9.55 Å². The van der Waals surface area contributed by atoms with Crippen LogP contribution in [-0.2, 0) is 24.2 Å². The number of para-hydroxylation sites is 2. The highest BCUT2D eigenvalue weighted by Gasteiger charge is 2.24. The number of amides is 1. The van der Waals surface area contributed by atoms with Crippen molar-refractivity contribution < 1.29 is 9.53 Å². The van der Waals surface area contributed by atoms with Crippen LogP contribution in [0, 0.1) is 5.92 Å². The molecule has 1 unspecified atom stereocenters. The van der Waals surface area contributed by atoms with Gasteiger partial charge in [0.1, 0.15) is 10.6 Å². The van der Waals surface area contributed by atoms with Gasteiger partial charge in [0.15, 0.2) is 5.16 Å². The van der Waals surface area contributed by atoms with Crippen molar-refractivity contribution >= 4 is 44.9 Å². The Kier molecular flexibility index (Phi) is 6.48. The zero-order valence-electron chi connectivity index (χ0n) is 17.6. The van der Waals surface area contributed by atoms with Gasteiger partial charge in [0.25, 0.3) is 5.56 Å². The second kappa shape index (κ2) is 9.28. The van der Waals surface area contributed by atoms with Gasteiger partial charge in [0, 0.05) is 11.4 Å². The maximum absolute atomic E-state index is 13.3. The van der Waals surface area contributed by atoms with Crippen molar-refractivity contribution in [1.29, 1.82) is 0 Å². The van der Waals surface area contributed by atoms with Gasteiger partial charge in [0.2, 0.25) is 5.91 Å². The van der Waals surface area contributed by atoms with E-state index in [0.717, 1.165) is 29.5 Å². The van der Waals surface area contributed by atoms with Crippen molar-refractivity contribution in [3.8, 4) is 5.75 Å². The molecule has 1 aliphatic carbocycles. The summed E-state index contributed by atoms with van der Waals surface area (Å²) in [6.07, 6.45) is 4.71. The van der Waals surface area contributed by atoms with Crippen LogP contribution < -0.4 is 15.6 Å². The van der Waals surface area contributed by atoms with Gasteiger partial charge in [-0.1, -0.05) is 36.9 Å². The zero-order valence-corrected chi connectivity index (χ0v) is 19.3. The Morgan fingerprint density at radius 2 is 2.26 bits per heavy atom. The highest BCUT2D eigenvalue weighted by molar-refractivity contribution is 7.99. The van der Waals surface area contributed by atoms with E-state index in [1.165, 1.54) is 22.2 Å². The fourth-order valence-electron chi connectivity index (χ4n) is 3.87. The standard InChI is InChI=1S/C23H25N3O3S2/c1-4-11-26-22(28)20-15-10-9-14(2)12-18(15)31-21(20)25-23(26)30-13-19(27)24-16-7-5-6-8-17(16)29-3/h4-8,14H,1,9-13H2,2-3H3,(H,24,27). The molecule has 3 aromatic rings. The van der Waals surface area contributed by atoms with Gasteiger partial charge in [-0.2, -0.15) is 0 Å². The number of rotatable bonds is 7. The van der Waals surface area contributed by atoms with E-state index in [9.17, 15) is 9.59 Å². The highest BCUT2D eigenvalue weighted by Crippen LogP contribution is 2.36. The summed E-state index contributed by atoms with van der Waals surface area (Å²) in [6, 6.07) is 7.26. The summed E-state index contributed by atoms with van der Waals surface area (Å²) in [5, 5.41) is 4.15. The van der Waals surface area contributed by atoms with Crippen LogP contribution in [0.3, 0.4) is 0 Å². The molecule has 1 aromatic carbocycles. The van der Waals surface area contributed by atoms with Crippen LogP contribution in [0.1, 0.15) is 23.8 Å². The monoisotopic (exact) mass is 455 g/mol. The number of anilines is 1. The summed E-state index contributed by atoms with van der Waals surface area (Å²) in [7, 11) is 1.56. The predicted octanol–water partition coefficient (Wildman–Crippen LogP) is 4.51. The molecule has 4 rings (SSSR count). The van der Waals surface area contributed by atoms with Crippen LogP contribution in [-0.4, -0.2) is 28.3 Å². The number of carbonyl (C=O) groups is 1. The number of fused-ring (bicyclic) bond motifs is 3. The summed E-state index contributed by atoms with van der Waals surface area (Å²) in [5.74, 6) is 1.18. The molecule has 0 bridgehead atoms. The Balaban J connectivity index is 1.61. The number of methoxy groups -OCH3 is 1. The van der Waals surface area contributed by atoms with E-state index in [4.69, 9.17) is 9.72 Å². The van der Waals surface area contributed by atoms with Crippen molar-refractivity contribution in [3.63, 3.8) is 0 Å². The van der Waals surface area contributed by atoms with E-state index < -0.39 is 0 Å². The van der Waals surface area contributed by atoms with Gasteiger partial charge in [-0.15, -0.1) is 17.9 Å². The smallest absolute Gasteiger partial charge is 0.263 e. The molecule has 0 saturated carbocycles. The molecule has 31 heavy (non-hydrogen) atoms. The largest absolute Gasteiger partial charge is 0.495 e. The summed E-state index contributed by atoms with van der Waals surface area (Å²) < 4.78 is 6.91. The molecule has 0 aliphatic heterocycles. The van der Waals surface area contributed by atoms with E-state index in [-0.39, 0.29) is 17.2 Å². The molecule has 1 aliphatic rings. The Morgan fingerprint density at radius 1 is 1.45 bits per heavy atom. The van der Waals surface area contributed by atoms with Crippen LogP contribution in [0.5, 0.6) is 5.75 Å². The number of thiophene rings is 1. The van der Waals surface area contributed by atoms with Crippen LogP contribution in [0.2, 0.25) is 0 Å². The first-order valence-electron chi connectivity index (χ1n) is 10.2. The molecule has 0 radical (unpaired) electrons. The number of thioether (sulfide) groups is 1. The molecule has 1 amide bonds. The Hall–Kier alpha value is -2.58. The van der Waals surface area contributed by atoms with Gasteiger partial charge in [0.05, 0.1) is 23.9 Å². The quantitative estimate of drug-likeness (QED) is 0.322. The van der Waals surface area contributed by atoms with Crippen molar-refractivity contribution in [3.05, 3.63) is 57.7 Å². The molecule has 2 aromatic heterocycles. The van der Waals surface area contributed by atoms with Crippen molar-refractivity contribution in [2.75, 3.05) is 18.2 Å². The molecular formula is C23H25N3O3S2. The number of hydrogen-bond donors (Lipinski definition) is 1. The fourth-order valence-corrected chi connectivity index (χ4v) is 6.10. The summed E-state index contributed by atoms with van der Waals surface area (Å²) in [5.41, 5.74) is 1.74. The van der Waals surface area contributed by atoms with Gasteiger partial charge >= 0.3 is 0 Å². The molecule has 1 N–H and O–H groups in total. The van der Waals surface area contributed by atoms with E-state index in [1.807, 2.05) is 12.1 Å². The Bertz CT molecular complexity index is 1200. The van der Waals surface area contributed by atoms with Crippen LogP contribution >= 0.6 is 23.1 Å². The number of aromatic nitrogens is 2. The maximum Gasteiger partial charge on any atom is 0.263 e. The van der Waals surface area contributed by atoms with Crippen LogP contribution in [0.15, 0.2) is 46.9 Å². The average molecular weight is 456 g/mol. The lowest BCUT2D eigenvalue weighted by atomic mass is 9.89. The minimum atomic E-state index is -0.187. The number of allylic oxidation sites excluding steroid dienone is 1. The molecule has 0 spiro atoms. The number of hydrogen-bond acceptors (Lipinski definition) is 6. The predicted molar refractivity (Wildman–Crippen MR) is 128 cm³/mol. The minimum absolute atomic E-state index is 0.0374. The molecule has 162 valence electrons. The highest BCUT2D eigenvalue weighted by atomic mass is 32.2. The third-order valence-corrected chi connectivity index (χ3v) is 7.53. The third-order valence-electron chi connectivity index (χ3n) is 5.41. The zero-order chi connectivity index (χ0) is 22.0. The number of aryl methyl sites for hydroxylation is 1. The number of ether oxygens (including phenoxy) is 1. The lowest BCUT2D eigenvalue weighted by molar-refractivity contribution is -0.113. The number of carbonyl (C=O) groups excluding carboxylic acids is 1. The van der Waals surface area contributed by atoms with E-state index in [0.29, 0.717) is 29.1 Å². The second-order valence-electron chi connectivity index (χ2n) is 7.67. The van der Waals surface area contributed by atoms with Crippen LogP contribution in [0.25, 0.3) is 10.2 Å². The lowest BCUT2D eigenvalue weighted by Gasteiger charge is -2.17. The number of benzene rings is 1. The molecule has 6 nitrogen and oxygen atoms in total. The molecule has 8 heteroatoms. The summed E-state index contributed by atoms with van der Waals surface area (Å²) in [4.78, 5) is 32.7. The van der Waals surface area contributed by atoms with E-state index >= 15 is 0 Å². The van der Waals surface area contributed by atoms with Crippen LogP contribution in [0.4, 0.5) is 5.69 Å². The van der Waals surface area contributed by atoms with Gasteiger partial charge in [-0.25, -0.2) is 4.98 Å². The Morgan fingerprint density at radius 3 is 3.03 bits per heavy atom. The van der Waals surface area contributed by atoms with Crippen molar-refractivity contribution in [2.24, 2.45) is 5.92 Å².